The molecule has 3 heterocycles. The summed E-state index contributed by atoms with van der Waals surface area (Å²) in [5, 5.41) is 8.74. The third kappa shape index (κ3) is 9.21. The Hall–Kier alpha value is -2.56. The summed E-state index contributed by atoms with van der Waals surface area (Å²) in [7, 11) is 2.18. The van der Waals surface area contributed by atoms with Crippen molar-refractivity contribution in [2.75, 3.05) is 52.9 Å². The number of nitrogens with two attached hydrogens (primary N) is 1. The van der Waals surface area contributed by atoms with Crippen LogP contribution < -0.4 is 11.1 Å². The smallest absolute Gasteiger partial charge is 0.245 e. The van der Waals surface area contributed by atoms with Crippen LogP contribution in [0.5, 0.6) is 0 Å². The molecule has 0 radical (unpaired) electrons. The van der Waals surface area contributed by atoms with Crippen molar-refractivity contribution in [2.45, 2.75) is 57.7 Å². The fraction of sp³-hybridized carbons (Fsp3) is 0.581. The van der Waals surface area contributed by atoms with Crippen molar-refractivity contribution < 1.29 is 9.59 Å². The number of rotatable bonds is 11. The summed E-state index contributed by atoms with van der Waals surface area (Å²) in [5.41, 5.74) is 8.02. The zero-order valence-electron chi connectivity index (χ0n) is 24.7. The Morgan fingerprint density at radius 1 is 1.07 bits per heavy atom. The van der Waals surface area contributed by atoms with Gasteiger partial charge < -0.3 is 20.9 Å². The molecule has 2 saturated heterocycles. The molecule has 1 aromatic carbocycles. The minimum absolute atomic E-state index is 0.0447. The summed E-state index contributed by atoms with van der Waals surface area (Å²) in [6, 6.07) is 10.3. The maximum atomic E-state index is 13.9. The van der Waals surface area contributed by atoms with Crippen molar-refractivity contribution in [1.29, 1.82) is 0 Å². The van der Waals surface area contributed by atoms with E-state index < -0.39 is 12.1 Å². The average molecular weight is 584 g/mol. The Morgan fingerprint density at radius 2 is 1.76 bits per heavy atom. The predicted molar refractivity (Wildman–Crippen MR) is 163 cm³/mol. The number of carbonyl (C=O) groups is 2. The Morgan fingerprint density at radius 3 is 2.37 bits per heavy atom. The molecule has 10 heteroatoms. The van der Waals surface area contributed by atoms with Gasteiger partial charge in [-0.2, -0.15) is 0 Å². The molecular formula is C31H46ClN7O2. The zero-order chi connectivity index (χ0) is 29.4. The molecule has 0 aliphatic carbocycles. The highest BCUT2D eigenvalue weighted by Gasteiger charge is 2.34. The minimum Gasteiger partial charge on any atom is -0.344 e. The first-order chi connectivity index (χ1) is 19.7. The van der Waals surface area contributed by atoms with E-state index in [1.54, 1.807) is 18.5 Å². The van der Waals surface area contributed by atoms with Gasteiger partial charge in [-0.15, -0.1) is 0 Å². The number of likely N-dealkylation sites (tertiary alicyclic amines) is 1. The molecule has 2 fully saturated rings. The Bertz CT molecular complexity index is 1100. The molecule has 41 heavy (non-hydrogen) atoms. The molecule has 2 atom stereocenters. The lowest BCUT2D eigenvalue weighted by atomic mass is 9.99. The summed E-state index contributed by atoms with van der Waals surface area (Å²) in [5.74, 6) is 0.268. The van der Waals surface area contributed by atoms with E-state index in [0.717, 1.165) is 56.7 Å². The predicted octanol–water partition coefficient (Wildman–Crippen LogP) is 2.96. The van der Waals surface area contributed by atoms with Crippen molar-refractivity contribution in [2.24, 2.45) is 11.7 Å². The highest BCUT2D eigenvalue weighted by molar-refractivity contribution is 6.30. The minimum atomic E-state index is -0.675. The van der Waals surface area contributed by atoms with Crippen LogP contribution in [0, 0.1) is 5.92 Å². The monoisotopic (exact) mass is 583 g/mol. The molecule has 9 nitrogen and oxygen atoms in total. The molecule has 1 unspecified atom stereocenters. The summed E-state index contributed by atoms with van der Waals surface area (Å²) in [4.78, 5) is 35.4. The van der Waals surface area contributed by atoms with Crippen LogP contribution in [0.4, 0.5) is 0 Å². The molecule has 2 amide bonds. The van der Waals surface area contributed by atoms with Crippen LogP contribution in [0.1, 0.15) is 50.3 Å². The number of piperidine rings is 1. The molecular weight excluding hydrogens is 538 g/mol. The van der Waals surface area contributed by atoms with E-state index >= 15 is 0 Å². The Labute approximate surface area is 250 Å². The number of hydrazine groups is 1. The highest BCUT2D eigenvalue weighted by Crippen LogP contribution is 2.23. The van der Waals surface area contributed by atoms with Gasteiger partial charge in [-0.25, -0.2) is 10.0 Å². The van der Waals surface area contributed by atoms with E-state index in [9.17, 15) is 9.59 Å². The number of nitrogens with one attached hydrogen (secondary N) is 1. The van der Waals surface area contributed by atoms with Crippen molar-refractivity contribution in [3.05, 3.63) is 64.9 Å². The fourth-order valence-corrected chi connectivity index (χ4v) is 5.88. The quantitative estimate of drug-likeness (QED) is 0.420. The summed E-state index contributed by atoms with van der Waals surface area (Å²) >= 11 is 6.09. The van der Waals surface area contributed by atoms with Gasteiger partial charge in [-0.05, 0) is 55.1 Å². The fourth-order valence-electron chi connectivity index (χ4n) is 5.75. The van der Waals surface area contributed by atoms with Gasteiger partial charge in [0.2, 0.25) is 11.8 Å². The third-order valence-corrected chi connectivity index (χ3v) is 8.35. The number of aromatic nitrogens is 1. The van der Waals surface area contributed by atoms with Gasteiger partial charge in [-0.3, -0.25) is 14.6 Å². The number of halogens is 1. The number of likely N-dealkylation sites (N-methyl/N-ethyl adjacent to an activating group) is 1. The van der Waals surface area contributed by atoms with E-state index in [1.165, 1.54) is 0 Å². The van der Waals surface area contributed by atoms with E-state index in [1.807, 2.05) is 35.2 Å². The molecule has 0 bridgehead atoms. The lowest BCUT2D eigenvalue weighted by Crippen LogP contribution is -2.60. The molecule has 0 spiro atoms. The van der Waals surface area contributed by atoms with Crippen LogP contribution in [-0.2, 0) is 16.0 Å². The topological polar surface area (TPSA) is 98.0 Å². The first-order valence-corrected chi connectivity index (χ1v) is 15.3. The van der Waals surface area contributed by atoms with Crippen molar-refractivity contribution in [3.63, 3.8) is 0 Å². The molecule has 0 saturated carbocycles. The second-order valence-corrected chi connectivity index (χ2v) is 12.3. The maximum Gasteiger partial charge on any atom is 0.245 e. The van der Waals surface area contributed by atoms with Gasteiger partial charge in [0.05, 0.1) is 0 Å². The molecule has 2 aliphatic heterocycles. The lowest BCUT2D eigenvalue weighted by molar-refractivity contribution is -0.140. The lowest BCUT2D eigenvalue weighted by Gasteiger charge is -2.47. The summed E-state index contributed by atoms with van der Waals surface area (Å²) in [6.45, 7) is 11.1. The summed E-state index contributed by atoms with van der Waals surface area (Å²) in [6.07, 6.45) is 5.64. The van der Waals surface area contributed by atoms with Crippen molar-refractivity contribution >= 4 is 23.4 Å². The Balaban J connectivity index is 1.41. The van der Waals surface area contributed by atoms with E-state index in [0.29, 0.717) is 36.5 Å². The van der Waals surface area contributed by atoms with Gasteiger partial charge in [0, 0.05) is 88.2 Å². The largest absolute Gasteiger partial charge is 0.344 e. The van der Waals surface area contributed by atoms with Crippen LogP contribution in [0.15, 0.2) is 48.8 Å². The molecule has 2 aromatic rings. The van der Waals surface area contributed by atoms with Crippen LogP contribution >= 0.6 is 11.6 Å². The first-order valence-electron chi connectivity index (χ1n) is 14.9. The number of nitrogens with zero attached hydrogens (tertiary/aromatic N) is 5. The third-order valence-electron chi connectivity index (χ3n) is 8.10. The van der Waals surface area contributed by atoms with Crippen LogP contribution in [0.2, 0.25) is 5.02 Å². The van der Waals surface area contributed by atoms with Gasteiger partial charge >= 0.3 is 0 Å². The SMILES string of the molecule is CC(C)CN(C1CCN(C(=O)[C@@H](Cc2ccc(Cl)cc2)NC(=O)CC(N)c2cccnc2)CC1)N1CCN(C)CC1. The molecule has 2 aliphatic rings. The second-order valence-electron chi connectivity index (χ2n) is 11.9. The zero-order valence-corrected chi connectivity index (χ0v) is 25.5. The maximum absolute atomic E-state index is 13.9. The Kier molecular flexibility index (Phi) is 11.5. The van der Waals surface area contributed by atoms with Crippen molar-refractivity contribution in [1.82, 2.24) is 30.1 Å². The van der Waals surface area contributed by atoms with Gasteiger partial charge in [0.1, 0.15) is 6.04 Å². The standard InChI is InChI=1S/C31H46ClN7O2/c1-23(2)22-39(38-17-15-36(3)16-18-38)27-10-13-37(14-11-27)31(41)29(19-24-6-8-26(32)9-7-24)35-30(40)20-28(33)25-5-4-12-34-21-25/h4-9,12,21,23,27-29H,10-11,13-20,22,33H2,1-3H3,(H,35,40)/t28?,29-/m1/s1. The van der Waals surface area contributed by atoms with E-state index in [4.69, 9.17) is 17.3 Å². The van der Waals surface area contributed by atoms with E-state index in [-0.39, 0.29) is 18.2 Å². The number of hydrogen-bond donors (Lipinski definition) is 2. The highest BCUT2D eigenvalue weighted by atomic mass is 35.5. The van der Waals surface area contributed by atoms with E-state index in [2.05, 4.69) is 46.1 Å². The van der Waals surface area contributed by atoms with Gasteiger partial charge in [0.25, 0.3) is 0 Å². The average Bonchev–Trinajstić information content (AvgIpc) is 2.97. The van der Waals surface area contributed by atoms with Crippen LogP contribution in [0.25, 0.3) is 0 Å². The van der Waals surface area contributed by atoms with Gasteiger partial charge in [0.15, 0.2) is 0 Å². The van der Waals surface area contributed by atoms with Gasteiger partial charge in [-0.1, -0.05) is 43.6 Å². The molecule has 1 aromatic heterocycles. The first kappa shape index (κ1) is 31.4. The molecule has 3 N–H and O–H groups in total. The van der Waals surface area contributed by atoms with Crippen molar-refractivity contribution in [3.8, 4) is 0 Å². The number of benzene rings is 1. The molecule has 4 rings (SSSR count). The number of pyridine rings is 1. The van der Waals surface area contributed by atoms with Crippen LogP contribution in [0.3, 0.4) is 0 Å². The normalized spacial score (nSPS) is 19.0. The number of hydrogen-bond acceptors (Lipinski definition) is 7. The number of piperazine rings is 1. The number of amides is 2. The number of carbonyl (C=O) groups excluding carboxylic acids is 2. The summed E-state index contributed by atoms with van der Waals surface area (Å²) < 4.78 is 0. The second kappa shape index (κ2) is 15.1. The molecule has 224 valence electrons. The van der Waals surface area contributed by atoms with Crippen LogP contribution in [-0.4, -0.2) is 102 Å².